The lowest BCUT2D eigenvalue weighted by molar-refractivity contribution is -0.0284. The van der Waals surface area contributed by atoms with E-state index in [1.807, 2.05) is 0 Å². The van der Waals surface area contributed by atoms with E-state index in [-0.39, 0.29) is 19.6 Å². The zero-order valence-electron chi connectivity index (χ0n) is 22.8. The molecule has 2 heterocycles. The molecule has 1 aliphatic heterocycles. The number of aromatic nitrogens is 2. The normalized spacial score (nSPS) is 21.1. The lowest BCUT2D eigenvalue weighted by Crippen LogP contribution is -2.33. The van der Waals surface area contributed by atoms with Crippen LogP contribution < -0.4 is 11.2 Å². The number of rotatable bonds is 18. The first-order chi connectivity index (χ1) is 18.0. The molecule has 1 aliphatic rings. The molecule has 1 saturated heterocycles. The highest BCUT2D eigenvalue weighted by Gasteiger charge is 2.38. The fraction of sp³-hybridized carbons (Fsp3) is 0.826. The fourth-order valence-corrected chi connectivity index (χ4v) is 4.85. The summed E-state index contributed by atoms with van der Waals surface area (Å²) in [5.74, 6) is 0. The standard InChI is InChI=1S/C23H42N7O7P/c1-18-16-30(23(32)25-22(18)31)21-15-19(26-27-24)20(37-21)17-36-38(33,34)35-14-10-8-6-5-7-9-11-29(4)13-12-28(2)3/h16,19-21H,5-15,17H2,1-4H3,(H,33,34)(H,25,31,32)/t19-,20+,21+/m0/s1. The van der Waals surface area contributed by atoms with Crippen molar-refractivity contribution in [1.29, 1.82) is 0 Å². The van der Waals surface area contributed by atoms with Gasteiger partial charge in [0.15, 0.2) is 0 Å². The fourth-order valence-electron chi connectivity index (χ4n) is 4.08. The number of hydrogen-bond acceptors (Lipinski definition) is 9. The summed E-state index contributed by atoms with van der Waals surface area (Å²) in [6.07, 6.45) is 5.72. The predicted octanol–water partition coefficient (Wildman–Crippen LogP) is 2.78. The summed E-state index contributed by atoms with van der Waals surface area (Å²) >= 11 is 0. The van der Waals surface area contributed by atoms with Gasteiger partial charge in [0.05, 0.1) is 25.4 Å². The molecule has 0 amide bonds. The Hall–Kier alpha value is -2.02. The second kappa shape index (κ2) is 16.2. The highest BCUT2D eigenvalue weighted by molar-refractivity contribution is 7.47. The van der Waals surface area contributed by atoms with Gasteiger partial charge in [-0.05, 0) is 53.0 Å². The Morgan fingerprint density at radius 1 is 1.16 bits per heavy atom. The number of aryl methyl sites for hydroxylation is 1. The average Bonchev–Trinajstić information content (AvgIpc) is 3.25. The molecule has 0 aromatic carbocycles. The lowest BCUT2D eigenvalue weighted by Gasteiger charge is -2.19. The molecule has 0 bridgehead atoms. The van der Waals surface area contributed by atoms with Crippen molar-refractivity contribution < 1.29 is 23.2 Å². The Balaban J connectivity index is 1.67. The Morgan fingerprint density at radius 3 is 2.53 bits per heavy atom. The molecule has 1 unspecified atom stereocenters. The van der Waals surface area contributed by atoms with Crippen LogP contribution in [0.1, 0.15) is 56.7 Å². The first-order valence-corrected chi connectivity index (χ1v) is 14.5. The molecule has 1 aromatic heterocycles. The predicted molar refractivity (Wildman–Crippen MR) is 143 cm³/mol. The summed E-state index contributed by atoms with van der Waals surface area (Å²) in [6, 6.07) is -0.739. The van der Waals surface area contributed by atoms with Crippen molar-refractivity contribution in [3.63, 3.8) is 0 Å². The van der Waals surface area contributed by atoms with Gasteiger partial charge in [0.1, 0.15) is 6.23 Å². The molecule has 1 aromatic rings. The van der Waals surface area contributed by atoms with Crippen molar-refractivity contribution >= 4 is 7.82 Å². The van der Waals surface area contributed by atoms with Gasteiger partial charge in [-0.1, -0.05) is 30.8 Å². The van der Waals surface area contributed by atoms with Crippen LogP contribution in [0.4, 0.5) is 0 Å². The van der Waals surface area contributed by atoms with Crippen molar-refractivity contribution in [2.24, 2.45) is 5.11 Å². The third kappa shape index (κ3) is 11.4. The van der Waals surface area contributed by atoms with Crippen LogP contribution in [0.3, 0.4) is 0 Å². The molecule has 2 rings (SSSR count). The quantitative estimate of drug-likeness (QED) is 0.0900. The second-order valence-electron chi connectivity index (χ2n) is 9.94. The number of phosphoric acid groups is 1. The van der Waals surface area contributed by atoms with Crippen LogP contribution in [0.5, 0.6) is 0 Å². The monoisotopic (exact) mass is 559 g/mol. The first-order valence-electron chi connectivity index (χ1n) is 13.0. The maximum Gasteiger partial charge on any atom is 0.472 e. The minimum Gasteiger partial charge on any atom is -0.352 e. The summed E-state index contributed by atoms with van der Waals surface area (Å²) < 4.78 is 29.4. The van der Waals surface area contributed by atoms with Crippen LogP contribution in [0.25, 0.3) is 10.4 Å². The highest BCUT2D eigenvalue weighted by atomic mass is 31.2. The van der Waals surface area contributed by atoms with Gasteiger partial charge in [-0.25, -0.2) is 9.36 Å². The maximum absolute atomic E-state index is 12.3. The van der Waals surface area contributed by atoms with Gasteiger partial charge >= 0.3 is 13.5 Å². The molecule has 2 N–H and O–H groups in total. The maximum atomic E-state index is 12.3. The molecular formula is C23H42N7O7P. The van der Waals surface area contributed by atoms with Crippen LogP contribution in [0.15, 0.2) is 20.9 Å². The first kappa shape index (κ1) is 32.2. The van der Waals surface area contributed by atoms with Crippen molar-refractivity contribution in [3.8, 4) is 0 Å². The number of nitrogens with zero attached hydrogens (tertiary/aromatic N) is 6. The SMILES string of the molecule is Cc1cn([C@H]2C[C@H](N=[N+]=[N-])[C@@H](COP(=O)(O)OCCCCCCCCN(C)CCN(C)C)O2)c(=O)[nH]c1=O. The molecule has 15 heteroatoms. The number of azide groups is 1. The van der Waals surface area contributed by atoms with Crippen molar-refractivity contribution in [1.82, 2.24) is 19.4 Å². The van der Waals surface area contributed by atoms with Gasteiger partial charge in [-0.2, -0.15) is 0 Å². The third-order valence-corrected chi connectivity index (χ3v) is 7.36. The number of hydrogen-bond donors (Lipinski definition) is 2. The minimum absolute atomic E-state index is 0.0844. The molecule has 14 nitrogen and oxygen atoms in total. The summed E-state index contributed by atoms with van der Waals surface area (Å²) in [4.78, 5) is 43.3. The molecule has 0 spiro atoms. The van der Waals surface area contributed by atoms with Gasteiger partial charge in [-0.15, -0.1) is 0 Å². The lowest BCUT2D eigenvalue weighted by atomic mass is 10.1. The summed E-state index contributed by atoms with van der Waals surface area (Å²) in [6.45, 7) is 4.45. The zero-order valence-corrected chi connectivity index (χ0v) is 23.7. The summed E-state index contributed by atoms with van der Waals surface area (Å²) in [5.41, 5.74) is 8.01. The third-order valence-electron chi connectivity index (χ3n) is 6.38. The van der Waals surface area contributed by atoms with E-state index in [1.54, 1.807) is 6.92 Å². The van der Waals surface area contributed by atoms with E-state index in [1.165, 1.54) is 10.8 Å². The molecule has 0 saturated carbocycles. The Morgan fingerprint density at radius 2 is 1.84 bits per heavy atom. The van der Waals surface area contributed by atoms with Crippen LogP contribution in [-0.2, 0) is 18.3 Å². The molecule has 4 atom stereocenters. The zero-order chi connectivity index (χ0) is 28.1. The van der Waals surface area contributed by atoms with Gasteiger partial charge in [0.2, 0.25) is 0 Å². The smallest absolute Gasteiger partial charge is 0.352 e. The van der Waals surface area contributed by atoms with Crippen LogP contribution in [0.2, 0.25) is 0 Å². The van der Waals surface area contributed by atoms with E-state index in [4.69, 9.17) is 19.3 Å². The molecule has 0 aliphatic carbocycles. The summed E-state index contributed by atoms with van der Waals surface area (Å²) in [5, 5.41) is 3.67. The number of phosphoric ester groups is 1. The molecular weight excluding hydrogens is 517 g/mol. The van der Waals surface area contributed by atoms with Crippen LogP contribution in [0, 0.1) is 6.92 Å². The molecule has 0 radical (unpaired) electrons. The van der Waals surface area contributed by atoms with Gasteiger partial charge < -0.3 is 19.4 Å². The van der Waals surface area contributed by atoms with E-state index < -0.39 is 37.4 Å². The molecule has 216 valence electrons. The topological polar surface area (TPSA) is 175 Å². The van der Waals surface area contributed by atoms with Gasteiger partial charge in [-0.3, -0.25) is 23.4 Å². The summed E-state index contributed by atoms with van der Waals surface area (Å²) in [7, 11) is 1.94. The average molecular weight is 560 g/mol. The molecule has 1 fully saturated rings. The molecule has 38 heavy (non-hydrogen) atoms. The highest BCUT2D eigenvalue weighted by Crippen LogP contribution is 2.44. The number of ether oxygens (including phenoxy) is 1. The Bertz CT molecular complexity index is 1070. The van der Waals surface area contributed by atoms with E-state index in [0.29, 0.717) is 12.0 Å². The number of aromatic amines is 1. The van der Waals surface area contributed by atoms with E-state index in [0.717, 1.165) is 51.7 Å². The van der Waals surface area contributed by atoms with E-state index in [9.17, 15) is 19.0 Å². The van der Waals surface area contributed by atoms with Crippen LogP contribution in [-0.4, -0.2) is 90.4 Å². The van der Waals surface area contributed by atoms with Crippen LogP contribution >= 0.6 is 7.82 Å². The number of nitrogens with one attached hydrogen (secondary N) is 1. The van der Waals surface area contributed by atoms with E-state index >= 15 is 0 Å². The number of H-pyrrole nitrogens is 1. The number of unbranched alkanes of at least 4 members (excludes halogenated alkanes) is 5. The van der Waals surface area contributed by atoms with Gasteiger partial charge in [0, 0.05) is 36.2 Å². The van der Waals surface area contributed by atoms with Gasteiger partial charge in [0.25, 0.3) is 5.56 Å². The van der Waals surface area contributed by atoms with Crippen molar-refractivity contribution in [2.75, 3.05) is 54.0 Å². The Labute approximate surface area is 223 Å². The Kier molecular flexibility index (Phi) is 13.7. The van der Waals surface area contributed by atoms with Crippen molar-refractivity contribution in [3.05, 3.63) is 43.0 Å². The largest absolute Gasteiger partial charge is 0.472 e. The van der Waals surface area contributed by atoms with E-state index in [2.05, 4.69) is 46.0 Å². The van der Waals surface area contributed by atoms with Crippen molar-refractivity contribution in [2.45, 2.75) is 70.2 Å². The number of likely N-dealkylation sites (N-methyl/N-ethyl adjacent to an activating group) is 2. The second-order valence-corrected chi connectivity index (χ2v) is 11.4. The minimum atomic E-state index is -4.34.